The molecule has 0 fully saturated rings. The lowest BCUT2D eigenvalue weighted by molar-refractivity contribution is -0.161. The lowest BCUT2D eigenvalue weighted by atomic mass is 10.1. The molecule has 0 saturated heterocycles. The van der Waals surface area contributed by atoms with E-state index in [4.69, 9.17) is 9.47 Å². The van der Waals surface area contributed by atoms with Gasteiger partial charge in [-0.25, -0.2) is 0 Å². The SMILES string of the molecule is CC/C=C\C/C=C\C/C=C\C/C=C\CCCCCCC(=O)OC(CO)COC(=O)CCCCCCCCCCC. The summed E-state index contributed by atoms with van der Waals surface area (Å²) in [7, 11) is 0. The normalized spacial score (nSPS) is 12.8. The fourth-order valence-electron chi connectivity index (χ4n) is 4.19. The van der Waals surface area contributed by atoms with Crippen LogP contribution in [0.3, 0.4) is 0 Å². The second-order valence-corrected chi connectivity index (χ2v) is 10.5. The minimum atomic E-state index is -0.780. The smallest absolute Gasteiger partial charge is 0.306 e. The van der Waals surface area contributed by atoms with Gasteiger partial charge in [-0.2, -0.15) is 0 Å². The standard InChI is InChI=1S/C35H60O5/c1-3-5-7-9-11-13-14-15-16-17-18-19-20-22-24-26-28-30-35(38)40-33(31-36)32-39-34(37)29-27-25-23-21-12-10-8-6-4-2/h5,7,11,13,15-16,18-19,33,36H,3-4,6,8-10,12,14,17,20-32H2,1-2H3/b7-5-,13-11-,16-15-,19-18-. The molecule has 0 radical (unpaired) electrons. The quantitative estimate of drug-likeness (QED) is 0.0586. The Morgan fingerprint density at radius 3 is 1.62 bits per heavy atom. The van der Waals surface area contributed by atoms with Crippen LogP contribution < -0.4 is 0 Å². The largest absolute Gasteiger partial charge is 0.462 e. The molecule has 0 spiro atoms. The van der Waals surface area contributed by atoms with Gasteiger partial charge in [-0.1, -0.05) is 127 Å². The van der Waals surface area contributed by atoms with Crippen LogP contribution in [0.4, 0.5) is 0 Å². The molecule has 0 saturated carbocycles. The maximum Gasteiger partial charge on any atom is 0.306 e. The minimum absolute atomic E-state index is 0.0760. The molecule has 40 heavy (non-hydrogen) atoms. The number of aliphatic hydroxyl groups is 1. The summed E-state index contributed by atoms with van der Waals surface area (Å²) in [5.41, 5.74) is 0. The van der Waals surface area contributed by atoms with Crippen molar-refractivity contribution in [1.29, 1.82) is 0 Å². The topological polar surface area (TPSA) is 72.8 Å². The van der Waals surface area contributed by atoms with Gasteiger partial charge in [0.1, 0.15) is 6.61 Å². The third kappa shape index (κ3) is 28.9. The van der Waals surface area contributed by atoms with E-state index in [-0.39, 0.29) is 25.2 Å². The first-order valence-corrected chi connectivity index (χ1v) is 16.2. The summed E-state index contributed by atoms with van der Waals surface area (Å²) < 4.78 is 10.5. The van der Waals surface area contributed by atoms with E-state index >= 15 is 0 Å². The number of rotatable bonds is 28. The summed E-state index contributed by atoms with van der Waals surface area (Å²) >= 11 is 0. The summed E-state index contributed by atoms with van der Waals surface area (Å²) in [6.45, 7) is 3.96. The van der Waals surface area contributed by atoms with Crippen LogP contribution in [0.2, 0.25) is 0 Å². The molecule has 0 bridgehead atoms. The highest BCUT2D eigenvalue weighted by Crippen LogP contribution is 2.11. The maximum absolute atomic E-state index is 12.1. The summed E-state index contributed by atoms with van der Waals surface area (Å²) in [5.74, 6) is -0.626. The van der Waals surface area contributed by atoms with Gasteiger partial charge in [-0.3, -0.25) is 9.59 Å². The number of hydrogen-bond donors (Lipinski definition) is 1. The first-order chi connectivity index (χ1) is 19.6. The average molecular weight is 561 g/mol. The molecule has 5 heteroatoms. The van der Waals surface area contributed by atoms with E-state index in [1.807, 2.05) is 0 Å². The van der Waals surface area contributed by atoms with E-state index in [0.717, 1.165) is 77.0 Å². The van der Waals surface area contributed by atoms with E-state index in [2.05, 4.69) is 62.5 Å². The average Bonchev–Trinajstić information content (AvgIpc) is 2.96. The van der Waals surface area contributed by atoms with Gasteiger partial charge in [0.15, 0.2) is 6.10 Å². The van der Waals surface area contributed by atoms with Gasteiger partial charge in [0.2, 0.25) is 0 Å². The fourth-order valence-corrected chi connectivity index (χ4v) is 4.19. The molecular weight excluding hydrogens is 500 g/mol. The van der Waals surface area contributed by atoms with Gasteiger partial charge in [0.25, 0.3) is 0 Å². The predicted molar refractivity (Wildman–Crippen MR) is 168 cm³/mol. The van der Waals surface area contributed by atoms with Gasteiger partial charge < -0.3 is 14.6 Å². The van der Waals surface area contributed by atoms with Crippen LogP contribution in [0.1, 0.15) is 142 Å². The molecule has 5 nitrogen and oxygen atoms in total. The molecule has 1 atom stereocenters. The first-order valence-electron chi connectivity index (χ1n) is 16.2. The number of esters is 2. The van der Waals surface area contributed by atoms with Crippen molar-refractivity contribution in [2.24, 2.45) is 0 Å². The summed E-state index contributed by atoms with van der Waals surface area (Å²) in [6, 6.07) is 0. The molecule has 1 N–H and O–H groups in total. The Morgan fingerprint density at radius 2 is 1.07 bits per heavy atom. The highest BCUT2D eigenvalue weighted by Gasteiger charge is 2.16. The van der Waals surface area contributed by atoms with Crippen molar-refractivity contribution in [2.75, 3.05) is 13.2 Å². The van der Waals surface area contributed by atoms with Gasteiger partial charge in [0.05, 0.1) is 6.61 Å². The van der Waals surface area contributed by atoms with Crippen molar-refractivity contribution >= 4 is 11.9 Å². The fraction of sp³-hybridized carbons (Fsp3) is 0.714. The highest BCUT2D eigenvalue weighted by molar-refractivity contribution is 5.70. The Morgan fingerprint density at radius 1 is 0.600 bits per heavy atom. The van der Waals surface area contributed by atoms with Crippen molar-refractivity contribution in [3.8, 4) is 0 Å². The van der Waals surface area contributed by atoms with E-state index in [1.54, 1.807) is 0 Å². The second-order valence-electron chi connectivity index (χ2n) is 10.5. The lowest BCUT2D eigenvalue weighted by Crippen LogP contribution is -2.28. The minimum Gasteiger partial charge on any atom is -0.462 e. The third-order valence-electron chi connectivity index (χ3n) is 6.64. The lowest BCUT2D eigenvalue weighted by Gasteiger charge is -2.15. The van der Waals surface area contributed by atoms with Gasteiger partial charge in [0, 0.05) is 12.8 Å². The van der Waals surface area contributed by atoms with Crippen LogP contribution in [0.25, 0.3) is 0 Å². The summed E-state index contributed by atoms with van der Waals surface area (Å²) in [6.07, 6.45) is 37.3. The third-order valence-corrected chi connectivity index (χ3v) is 6.64. The van der Waals surface area contributed by atoms with Gasteiger partial charge in [-0.05, 0) is 51.4 Å². The molecule has 0 aliphatic heterocycles. The molecule has 0 heterocycles. The predicted octanol–water partition coefficient (Wildman–Crippen LogP) is 9.50. The number of aliphatic hydroxyl groups excluding tert-OH is 1. The zero-order chi connectivity index (χ0) is 29.4. The maximum atomic E-state index is 12.1. The van der Waals surface area contributed by atoms with Crippen LogP contribution in [-0.4, -0.2) is 36.4 Å². The number of carbonyl (C=O) groups is 2. The Bertz CT molecular complexity index is 692. The Kier molecular flexibility index (Phi) is 29.7. The number of ether oxygens (including phenoxy) is 2. The van der Waals surface area contributed by atoms with Crippen molar-refractivity contribution in [2.45, 2.75) is 148 Å². The van der Waals surface area contributed by atoms with Crippen LogP contribution in [0.5, 0.6) is 0 Å². The van der Waals surface area contributed by atoms with Crippen LogP contribution in [-0.2, 0) is 19.1 Å². The second kappa shape index (κ2) is 31.4. The monoisotopic (exact) mass is 560 g/mol. The van der Waals surface area contributed by atoms with E-state index in [9.17, 15) is 14.7 Å². The number of unbranched alkanes of at least 4 members (excludes halogenated alkanes) is 12. The van der Waals surface area contributed by atoms with E-state index in [0.29, 0.717) is 12.8 Å². The molecule has 0 amide bonds. The van der Waals surface area contributed by atoms with Crippen LogP contribution in [0, 0.1) is 0 Å². The molecule has 0 aromatic carbocycles. The van der Waals surface area contributed by atoms with Crippen molar-refractivity contribution in [3.63, 3.8) is 0 Å². The molecular formula is C35H60O5. The molecule has 1 unspecified atom stereocenters. The zero-order valence-electron chi connectivity index (χ0n) is 25.8. The number of hydrogen-bond acceptors (Lipinski definition) is 5. The Balaban J connectivity index is 3.67. The molecule has 0 aliphatic rings. The Hall–Kier alpha value is -2.14. The number of carbonyl (C=O) groups excluding carboxylic acids is 2. The van der Waals surface area contributed by atoms with Crippen LogP contribution in [0.15, 0.2) is 48.6 Å². The molecule has 0 aromatic heterocycles. The van der Waals surface area contributed by atoms with Crippen molar-refractivity contribution in [1.82, 2.24) is 0 Å². The molecule has 0 rings (SSSR count). The summed E-state index contributed by atoms with van der Waals surface area (Å²) in [5, 5.41) is 9.47. The van der Waals surface area contributed by atoms with Crippen LogP contribution >= 0.6 is 0 Å². The first kappa shape index (κ1) is 37.9. The van der Waals surface area contributed by atoms with Gasteiger partial charge in [-0.15, -0.1) is 0 Å². The van der Waals surface area contributed by atoms with Gasteiger partial charge >= 0.3 is 11.9 Å². The van der Waals surface area contributed by atoms with E-state index in [1.165, 1.54) is 38.5 Å². The number of allylic oxidation sites excluding steroid dienone is 8. The Labute approximate surface area is 246 Å². The molecule has 0 aliphatic carbocycles. The van der Waals surface area contributed by atoms with Crippen molar-refractivity contribution < 1.29 is 24.2 Å². The van der Waals surface area contributed by atoms with E-state index < -0.39 is 6.10 Å². The highest BCUT2D eigenvalue weighted by atomic mass is 16.6. The van der Waals surface area contributed by atoms with Crippen molar-refractivity contribution in [3.05, 3.63) is 48.6 Å². The molecule has 230 valence electrons. The molecule has 0 aromatic rings. The zero-order valence-corrected chi connectivity index (χ0v) is 25.8. The summed E-state index contributed by atoms with van der Waals surface area (Å²) in [4.78, 5) is 24.0.